The van der Waals surface area contributed by atoms with Gasteiger partial charge in [0.1, 0.15) is 6.10 Å². The predicted octanol–water partition coefficient (Wildman–Crippen LogP) is 1.70. The highest BCUT2D eigenvalue weighted by atomic mass is 16.5. The van der Waals surface area contributed by atoms with Crippen molar-refractivity contribution in [2.24, 2.45) is 0 Å². The quantitative estimate of drug-likeness (QED) is 0.769. The molecule has 1 aromatic carbocycles. The van der Waals surface area contributed by atoms with Crippen LogP contribution in [0, 0.1) is 0 Å². The lowest BCUT2D eigenvalue weighted by molar-refractivity contribution is -0.148. The molecule has 0 saturated carbocycles. The van der Waals surface area contributed by atoms with Crippen LogP contribution in [0.25, 0.3) is 0 Å². The van der Waals surface area contributed by atoms with Crippen LogP contribution < -0.4 is 5.32 Å². The van der Waals surface area contributed by atoms with Crippen LogP contribution in [-0.4, -0.2) is 25.2 Å². The molecule has 16 heavy (non-hydrogen) atoms. The van der Waals surface area contributed by atoms with Gasteiger partial charge in [-0.3, -0.25) is 4.79 Å². The Balaban J connectivity index is 2.13. The molecule has 0 radical (unpaired) electrons. The second-order valence-corrected chi connectivity index (χ2v) is 4.16. The summed E-state index contributed by atoms with van der Waals surface area (Å²) < 4.78 is 5.36. The number of carbonyl (C=O) groups is 1. The summed E-state index contributed by atoms with van der Waals surface area (Å²) in [7, 11) is 0. The van der Waals surface area contributed by atoms with Gasteiger partial charge in [0.15, 0.2) is 0 Å². The van der Waals surface area contributed by atoms with Gasteiger partial charge in [0, 0.05) is 19.4 Å². The summed E-state index contributed by atoms with van der Waals surface area (Å²) in [6.45, 7) is 3.20. The molecule has 3 nitrogen and oxygen atoms in total. The van der Waals surface area contributed by atoms with Gasteiger partial charge in [-0.2, -0.15) is 0 Å². The molecule has 1 fully saturated rings. The molecule has 1 aliphatic heterocycles. The minimum Gasteiger partial charge on any atom is -0.461 e. The molecular weight excluding hydrogens is 202 g/mol. The number of rotatable bonds is 2. The van der Waals surface area contributed by atoms with Crippen LogP contribution in [0.5, 0.6) is 0 Å². The Hall–Kier alpha value is -1.35. The molecule has 1 aliphatic rings. The van der Waals surface area contributed by atoms with Crippen molar-refractivity contribution >= 4 is 5.97 Å². The van der Waals surface area contributed by atoms with Crippen molar-refractivity contribution in [3.63, 3.8) is 0 Å². The number of nitrogens with one attached hydrogen (secondary N) is 1. The van der Waals surface area contributed by atoms with Crippen LogP contribution in [-0.2, 0) is 9.53 Å². The summed E-state index contributed by atoms with van der Waals surface area (Å²) in [5.74, 6) is 0.126. The Morgan fingerprint density at radius 2 is 2.12 bits per heavy atom. The Morgan fingerprint density at radius 1 is 1.38 bits per heavy atom. The van der Waals surface area contributed by atoms with E-state index in [0.29, 0.717) is 5.92 Å². The topological polar surface area (TPSA) is 38.3 Å². The summed E-state index contributed by atoms with van der Waals surface area (Å²) in [4.78, 5) is 11.0. The molecular formula is C13H17NO2. The first-order valence-electron chi connectivity index (χ1n) is 5.70. The average molecular weight is 219 g/mol. The van der Waals surface area contributed by atoms with Gasteiger partial charge in [0.2, 0.25) is 0 Å². The highest BCUT2D eigenvalue weighted by Crippen LogP contribution is 2.27. The molecule has 0 spiro atoms. The second-order valence-electron chi connectivity index (χ2n) is 4.16. The number of ether oxygens (including phenoxy) is 1. The van der Waals surface area contributed by atoms with E-state index in [2.05, 4.69) is 17.4 Å². The van der Waals surface area contributed by atoms with Crippen molar-refractivity contribution in [2.75, 3.05) is 13.1 Å². The summed E-state index contributed by atoms with van der Waals surface area (Å²) in [6, 6.07) is 10.3. The lowest BCUT2D eigenvalue weighted by Crippen LogP contribution is -2.41. The second kappa shape index (κ2) is 5.12. The van der Waals surface area contributed by atoms with Gasteiger partial charge in [-0.05, 0) is 18.5 Å². The Morgan fingerprint density at radius 3 is 2.81 bits per heavy atom. The predicted molar refractivity (Wildman–Crippen MR) is 62.2 cm³/mol. The first-order valence-corrected chi connectivity index (χ1v) is 5.70. The van der Waals surface area contributed by atoms with Crippen molar-refractivity contribution in [3.05, 3.63) is 35.9 Å². The fourth-order valence-corrected chi connectivity index (χ4v) is 2.25. The van der Waals surface area contributed by atoms with Crippen molar-refractivity contribution in [1.29, 1.82) is 0 Å². The number of hydrogen-bond donors (Lipinski definition) is 1. The molecule has 1 N–H and O–H groups in total. The number of piperidine rings is 1. The van der Waals surface area contributed by atoms with Crippen LogP contribution in [0.15, 0.2) is 30.3 Å². The van der Waals surface area contributed by atoms with Crippen LogP contribution in [0.1, 0.15) is 24.8 Å². The molecule has 0 bridgehead atoms. The zero-order chi connectivity index (χ0) is 11.4. The maximum Gasteiger partial charge on any atom is 0.302 e. The SMILES string of the molecule is CC(=O)O[C@@H]1CNCC[C@H]1c1ccccc1. The van der Waals surface area contributed by atoms with Crippen LogP contribution >= 0.6 is 0 Å². The van der Waals surface area contributed by atoms with Crippen molar-refractivity contribution < 1.29 is 9.53 Å². The Labute approximate surface area is 95.8 Å². The highest BCUT2D eigenvalue weighted by molar-refractivity contribution is 5.66. The maximum absolute atomic E-state index is 11.0. The van der Waals surface area contributed by atoms with E-state index in [1.165, 1.54) is 12.5 Å². The number of benzene rings is 1. The van der Waals surface area contributed by atoms with Gasteiger partial charge < -0.3 is 10.1 Å². The summed E-state index contributed by atoms with van der Waals surface area (Å²) in [5.41, 5.74) is 1.26. The van der Waals surface area contributed by atoms with E-state index in [1.807, 2.05) is 18.2 Å². The van der Waals surface area contributed by atoms with E-state index in [1.54, 1.807) is 0 Å². The molecule has 1 heterocycles. The molecule has 3 heteroatoms. The molecule has 0 unspecified atom stereocenters. The lowest BCUT2D eigenvalue weighted by Gasteiger charge is -2.31. The monoisotopic (exact) mass is 219 g/mol. The van der Waals surface area contributed by atoms with E-state index in [4.69, 9.17) is 4.74 Å². The normalized spacial score (nSPS) is 25.1. The third kappa shape index (κ3) is 2.61. The summed E-state index contributed by atoms with van der Waals surface area (Å²) in [6.07, 6.45) is 0.982. The minimum atomic E-state index is -0.199. The number of hydrogen-bond acceptors (Lipinski definition) is 3. The molecule has 86 valence electrons. The smallest absolute Gasteiger partial charge is 0.302 e. The standard InChI is InChI=1S/C13H17NO2/c1-10(15)16-13-9-14-8-7-12(13)11-5-3-2-4-6-11/h2-6,12-14H,7-9H2,1H3/t12-,13+/m0/s1. The first kappa shape index (κ1) is 11.1. The van der Waals surface area contributed by atoms with Gasteiger partial charge in [-0.25, -0.2) is 0 Å². The molecule has 2 rings (SSSR count). The van der Waals surface area contributed by atoms with Crippen LogP contribution in [0.2, 0.25) is 0 Å². The molecule has 1 aromatic rings. The van der Waals surface area contributed by atoms with Crippen molar-refractivity contribution in [2.45, 2.75) is 25.4 Å². The van der Waals surface area contributed by atoms with Gasteiger partial charge >= 0.3 is 5.97 Å². The number of carbonyl (C=O) groups excluding carboxylic acids is 1. The van der Waals surface area contributed by atoms with Gasteiger partial charge in [-0.15, -0.1) is 0 Å². The molecule has 0 aliphatic carbocycles. The van der Waals surface area contributed by atoms with Crippen LogP contribution in [0.4, 0.5) is 0 Å². The lowest BCUT2D eigenvalue weighted by atomic mass is 9.88. The third-order valence-corrected chi connectivity index (χ3v) is 2.97. The molecule has 1 saturated heterocycles. The summed E-state index contributed by atoms with van der Waals surface area (Å²) >= 11 is 0. The van der Waals surface area contributed by atoms with Crippen molar-refractivity contribution in [1.82, 2.24) is 5.32 Å². The Bertz CT molecular complexity index is 350. The Kier molecular flexibility index (Phi) is 3.57. The van der Waals surface area contributed by atoms with E-state index in [9.17, 15) is 4.79 Å². The highest BCUT2D eigenvalue weighted by Gasteiger charge is 2.28. The van der Waals surface area contributed by atoms with E-state index < -0.39 is 0 Å². The molecule has 0 aromatic heterocycles. The largest absolute Gasteiger partial charge is 0.461 e. The fraction of sp³-hybridized carbons (Fsp3) is 0.462. The summed E-state index contributed by atoms with van der Waals surface area (Å²) in [5, 5.41) is 3.26. The van der Waals surface area contributed by atoms with Crippen molar-refractivity contribution in [3.8, 4) is 0 Å². The van der Waals surface area contributed by atoms with E-state index in [-0.39, 0.29) is 12.1 Å². The zero-order valence-electron chi connectivity index (χ0n) is 9.48. The van der Waals surface area contributed by atoms with Crippen LogP contribution in [0.3, 0.4) is 0 Å². The van der Waals surface area contributed by atoms with Gasteiger partial charge in [-0.1, -0.05) is 30.3 Å². The molecule has 0 amide bonds. The zero-order valence-corrected chi connectivity index (χ0v) is 9.48. The van der Waals surface area contributed by atoms with Gasteiger partial charge in [0.05, 0.1) is 0 Å². The third-order valence-electron chi connectivity index (χ3n) is 2.97. The van der Waals surface area contributed by atoms with E-state index in [0.717, 1.165) is 19.5 Å². The minimum absolute atomic E-state index is 0.0337. The van der Waals surface area contributed by atoms with Gasteiger partial charge in [0.25, 0.3) is 0 Å². The average Bonchev–Trinajstić information content (AvgIpc) is 2.30. The first-order chi connectivity index (χ1) is 7.77. The van der Waals surface area contributed by atoms with E-state index >= 15 is 0 Å². The number of esters is 1. The maximum atomic E-state index is 11.0. The molecule has 2 atom stereocenters. The fourth-order valence-electron chi connectivity index (χ4n) is 2.25.